The first-order valence-corrected chi connectivity index (χ1v) is 7.90. The number of benzene rings is 2. The van der Waals surface area contributed by atoms with Crippen LogP contribution in [0.3, 0.4) is 0 Å². The molecular weight excluding hydrogens is 340 g/mol. The highest BCUT2D eigenvalue weighted by atomic mass is 16.5. The maximum atomic E-state index is 12.9. The second-order valence-electron chi connectivity index (χ2n) is 5.42. The van der Waals surface area contributed by atoms with Gasteiger partial charge in [-0.3, -0.25) is 9.59 Å². The van der Waals surface area contributed by atoms with Crippen LogP contribution in [0.15, 0.2) is 36.4 Å². The van der Waals surface area contributed by atoms with E-state index >= 15 is 0 Å². The number of phenolic OH excluding ortho intramolecular Hbond substituents is 1. The number of aliphatic carboxylic acids is 1. The van der Waals surface area contributed by atoms with Gasteiger partial charge in [0.25, 0.3) is 0 Å². The van der Waals surface area contributed by atoms with Crippen molar-refractivity contribution >= 4 is 11.8 Å². The zero-order valence-electron chi connectivity index (χ0n) is 14.5. The van der Waals surface area contributed by atoms with Crippen molar-refractivity contribution in [2.24, 2.45) is 0 Å². The Kier molecular flexibility index (Phi) is 6.43. The van der Waals surface area contributed by atoms with Crippen LogP contribution in [0.5, 0.6) is 23.0 Å². The largest absolute Gasteiger partial charge is 0.507 e. The molecule has 0 aromatic heterocycles. The maximum Gasteiger partial charge on any atom is 0.303 e. The fourth-order valence-electron chi connectivity index (χ4n) is 2.31. The molecule has 2 aromatic rings. The number of aromatic hydroxyl groups is 1. The van der Waals surface area contributed by atoms with E-state index in [1.165, 1.54) is 32.4 Å². The van der Waals surface area contributed by atoms with Crippen LogP contribution >= 0.6 is 0 Å². The minimum Gasteiger partial charge on any atom is -0.507 e. The zero-order chi connectivity index (χ0) is 19.1. The number of rotatable bonds is 9. The third-order valence-electron chi connectivity index (χ3n) is 3.67. The van der Waals surface area contributed by atoms with Crippen molar-refractivity contribution in [3.63, 3.8) is 0 Å². The molecule has 0 amide bonds. The Morgan fingerprint density at radius 2 is 1.58 bits per heavy atom. The molecule has 0 radical (unpaired) electrons. The van der Waals surface area contributed by atoms with Crippen molar-refractivity contribution in [3.05, 3.63) is 47.5 Å². The zero-order valence-corrected chi connectivity index (χ0v) is 14.5. The van der Waals surface area contributed by atoms with E-state index in [0.717, 1.165) is 0 Å². The molecule has 0 atom stereocenters. The molecule has 7 nitrogen and oxygen atoms in total. The molecule has 0 unspecified atom stereocenters. The first kappa shape index (κ1) is 19.1. The molecule has 0 bridgehead atoms. The van der Waals surface area contributed by atoms with E-state index in [1.54, 1.807) is 18.2 Å². The highest BCUT2D eigenvalue weighted by Gasteiger charge is 2.20. The third-order valence-corrected chi connectivity index (χ3v) is 3.67. The van der Waals surface area contributed by atoms with Gasteiger partial charge in [0, 0.05) is 6.42 Å². The van der Waals surface area contributed by atoms with Crippen molar-refractivity contribution in [1.82, 2.24) is 0 Å². The number of carboxylic acids is 1. The number of ether oxygens (including phenoxy) is 3. The Balaban J connectivity index is 2.33. The number of ketones is 1. The molecule has 2 N–H and O–H groups in total. The van der Waals surface area contributed by atoms with Gasteiger partial charge in [0.15, 0.2) is 0 Å². The fourth-order valence-corrected chi connectivity index (χ4v) is 2.31. The summed E-state index contributed by atoms with van der Waals surface area (Å²) >= 11 is 0. The smallest absolute Gasteiger partial charge is 0.303 e. The Hall–Kier alpha value is -3.22. The predicted octanol–water partition coefficient (Wildman–Crippen LogP) is 2.88. The summed E-state index contributed by atoms with van der Waals surface area (Å²) in [5.41, 5.74) is 0.260. The van der Waals surface area contributed by atoms with Gasteiger partial charge < -0.3 is 24.4 Å². The van der Waals surface area contributed by atoms with Crippen LogP contribution in [0, 0.1) is 0 Å². The van der Waals surface area contributed by atoms with E-state index in [-0.39, 0.29) is 35.7 Å². The lowest BCUT2D eigenvalue weighted by Gasteiger charge is -2.13. The molecular formula is C19H20O7. The molecule has 7 heteroatoms. The molecule has 0 saturated carbocycles. The third kappa shape index (κ3) is 4.66. The van der Waals surface area contributed by atoms with Crippen LogP contribution in [0.1, 0.15) is 28.8 Å². The maximum absolute atomic E-state index is 12.9. The molecule has 0 saturated heterocycles. The summed E-state index contributed by atoms with van der Waals surface area (Å²) in [6.45, 7) is 0.142. The summed E-state index contributed by atoms with van der Waals surface area (Å²) < 4.78 is 15.8. The lowest BCUT2D eigenvalue weighted by molar-refractivity contribution is -0.137. The van der Waals surface area contributed by atoms with Crippen molar-refractivity contribution in [1.29, 1.82) is 0 Å². The first-order chi connectivity index (χ1) is 12.5. The Labute approximate surface area is 150 Å². The second-order valence-corrected chi connectivity index (χ2v) is 5.42. The SMILES string of the molecule is COc1ccc(O)c(C(=O)c2cc(OC)ccc2OCCCC(=O)O)c1. The molecule has 0 heterocycles. The Bertz CT molecular complexity index is 798. The van der Waals surface area contributed by atoms with Gasteiger partial charge in [0.1, 0.15) is 23.0 Å². The highest BCUT2D eigenvalue weighted by Crippen LogP contribution is 2.31. The predicted molar refractivity (Wildman–Crippen MR) is 93.5 cm³/mol. The van der Waals surface area contributed by atoms with Crippen LogP contribution in [-0.4, -0.2) is 42.8 Å². The monoisotopic (exact) mass is 360 g/mol. The highest BCUT2D eigenvalue weighted by molar-refractivity contribution is 6.12. The average Bonchev–Trinajstić information content (AvgIpc) is 2.65. The summed E-state index contributed by atoms with van der Waals surface area (Å²) in [7, 11) is 2.93. The lowest BCUT2D eigenvalue weighted by atomic mass is 10.0. The molecule has 0 aliphatic heterocycles. The van der Waals surface area contributed by atoms with E-state index in [1.807, 2.05) is 0 Å². The summed E-state index contributed by atoms with van der Waals surface area (Å²) in [5, 5.41) is 18.7. The fraction of sp³-hybridized carbons (Fsp3) is 0.263. The molecule has 138 valence electrons. The lowest BCUT2D eigenvalue weighted by Crippen LogP contribution is -2.08. The quantitative estimate of drug-likeness (QED) is 0.523. The minimum atomic E-state index is -0.916. The molecule has 26 heavy (non-hydrogen) atoms. The average molecular weight is 360 g/mol. The van der Waals surface area contributed by atoms with E-state index < -0.39 is 11.8 Å². The molecule has 0 fully saturated rings. The second kappa shape index (κ2) is 8.75. The van der Waals surface area contributed by atoms with Gasteiger partial charge in [-0.05, 0) is 42.8 Å². The van der Waals surface area contributed by atoms with E-state index in [9.17, 15) is 14.7 Å². The van der Waals surface area contributed by atoms with Gasteiger partial charge in [0.2, 0.25) is 5.78 Å². The van der Waals surface area contributed by atoms with Crippen LogP contribution in [0.25, 0.3) is 0 Å². The van der Waals surface area contributed by atoms with E-state index in [0.29, 0.717) is 17.9 Å². The van der Waals surface area contributed by atoms with Crippen LogP contribution < -0.4 is 14.2 Å². The molecule has 0 aliphatic carbocycles. The van der Waals surface area contributed by atoms with Gasteiger partial charge in [-0.2, -0.15) is 0 Å². The van der Waals surface area contributed by atoms with Crippen LogP contribution in [-0.2, 0) is 4.79 Å². The summed E-state index contributed by atoms with van der Waals surface area (Å²) in [4.78, 5) is 23.5. The number of hydrogen-bond donors (Lipinski definition) is 2. The summed E-state index contributed by atoms with van der Waals surface area (Å²) in [5.74, 6) is -0.403. The van der Waals surface area contributed by atoms with Gasteiger partial charge in [-0.25, -0.2) is 0 Å². The Morgan fingerprint density at radius 1 is 0.962 bits per heavy atom. The van der Waals surface area contributed by atoms with E-state index in [4.69, 9.17) is 19.3 Å². The van der Waals surface area contributed by atoms with Gasteiger partial charge in [-0.1, -0.05) is 0 Å². The molecule has 2 rings (SSSR count). The minimum absolute atomic E-state index is 0.0316. The van der Waals surface area contributed by atoms with Gasteiger partial charge >= 0.3 is 5.97 Å². The normalized spacial score (nSPS) is 10.2. The number of phenols is 1. The number of carbonyl (C=O) groups is 2. The van der Waals surface area contributed by atoms with Crippen LogP contribution in [0.4, 0.5) is 0 Å². The van der Waals surface area contributed by atoms with Crippen molar-refractivity contribution in [2.75, 3.05) is 20.8 Å². The summed E-state index contributed by atoms with van der Waals surface area (Å²) in [6, 6.07) is 9.07. The number of methoxy groups -OCH3 is 2. The topological polar surface area (TPSA) is 102 Å². The number of carbonyl (C=O) groups excluding carboxylic acids is 1. The first-order valence-electron chi connectivity index (χ1n) is 7.90. The summed E-state index contributed by atoms with van der Waals surface area (Å²) in [6.07, 6.45) is 0.273. The van der Waals surface area contributed by atoms with Crippen molar-refractivity contribution in [2.45, 2.75) is 12.8 Å². The van der Waals surface area contributed by atoms with E-state index in [2.05, 4.69) is 0 Å². The molecule has 0 spiro atoms. The standard InChI is InChI=1S/C19H20O7/c1-24-12-5-7-16(20)14(10-12)19(23)15-11-13(25-2)6-8-17(15)26-9-3-4-18(21)22/h5-8,10-11,20H,3-4,9H2,1-2H3,(H,21,22). The van der Waals surface area contributed by atoms with Crippen molar-refractivity contribution in [3.8, 4) is 23.0 Å². The Morgan fingerprint density at radius 3 is 2.19 bits per heavy atom. The number of carboxylic acid groups (broad SMARTS) is 1. The van der Waals surface area contributed by atoms with Gasteiger partial charge in [0.05, 0.1) is 32.0 Å². The molecule has 2 aromatic carbocycles. The van der Waals surface area contributed by atoms with Crippen molar-refractivity contribution < 1.29 is 34.0 Å². The van der Waals surface area contributed by atoms with Crippen LogP contribution in [0.2, 0.25) is 0 Å². The van der Waals surface area contributed by atoms with Gasteiger partial charge in [-0.15, -0.1) is 0 Å². The number of hydrogen-bond acceptors (Lipinski definition) is 6. The molecule has 0 aliphatic rings.